The van der Waals surface area contributed by atoms with E-state index in [0.29, 0.717) is 12.1 Å². The molecule has 164 valence electrons. The Hall–Kier alpha value is -3.78. The summed E-state index contributed by atoms with van der Waals surface area (Å²) in [6.07, 6.45) is 1.09. The van der Waals surface area contributed by atoms with Gasteiger partial charge in [0.2, 0.25) is 0 Å². The molecule has 2 aromatic heterocycles. The van der Waals surface area contributed by atoms with Crippen molar-refractivity contribution < 1.29 is 9.90 Å². The van der Waals surface area contributed by atoms with Gasteiger partial charge in [0.1, 0.15) is 11.8 Å². The summed E-state index contributed by atoms with van der Waals surface area (Å²) in [4.78, 5) is 13.0. The van der Waals surface area contributed by atoms with Crippen LogP contribution in [0.4, 0.5) is 0 Å². The van der Waals surface area contributed by atoms with E-state index in [-0.39, 0.29) is 11.7 Å². The Labute approximate surface area is 186 Å². The van der Waals surface area contributed by atoms with E-state index >= 15 is 0 Å². The highest BCUT2D eigenvalue weighted by molar-refractivity contribution is 5.93. The lowest BCUT2D eigenvalue weighted by Crippen LogP contribution is -2.42. The average molecular weight is 431 g/mol. The van der Waals surface area contributed by atoms with Crippen LogP contribution >= 0.6 is 0 Å². The predicted molar refractivity (Wildman–Crippen MR) is 120 cm³/mol. The number of hydrogen-bond donors (Lipinski definition) is 2. The van der Waals surface area contributed by atoms with Gasteiger partial charge in [-0.15, -0.1) is 5.10 Å². The molecule has 0 bridgehead atoms. The second-order valence-electron chi connectivity index (χ2n) is 7.91. The number of para-hydroxylation sites is 1. The zero-order chi connectivity index (χ0) is 22.7. The summed E-state index contributed by atoms with van der Waals surface area (Å²) in [5.41, 5.74) is 4.27. The van der Waals surface area contributed by atoms with Crippen LogP contribution < -0.4 is 5.32 Å². The van der Waals surface area contributed by atoms with Crippen molar-refractivity contribution in [2.75, 3.05) is 0 Å². The Morgan fingerprint density at radius 3 is 2.41 bits per heavy atom. The molecule has 2 atom stereocenters. The van der Waals surface area contributed by atoms with Crippen molar-refractivity contribution in [2.24, 2.45) is 7.05 Å². The van der Waals surface area contributed by atoms with E-state index in [1.54, 1.807) is 34.6 Å². The van der Waals surface area contributed by atoms with Crippen LogP contribution in [0, 0.1) is 13.8 Å². The molecule has 0 aliphatic heterocycles. The van der Waals surface area contributed by atoms with Crippen LogP contribution in [0.2, 0.25) is 0 Å². The SMILES string of the molecule is Cc1cccc(C)c1-n1nnnc1C(O)[C@H](Cc1ccccc1)NC(=O)c1cccn1C. The molecule has 4 rings (SSSR count). The molecule has 0 radical (unpaired) electrons. The van der Waals surface area contributed by atoms with Gasteiger partial charge in [-0.3, -0.25) is 4.79 Å². The number of carbonyl (C=O) groups is 1. The van der Waals surface area contributed by atoms with Crippen molar-refractivity contribution in [1.82, 2.24) is 30.1 Å². The molecule has 0 spiro atoms. The molecule has 8 heteroatoms. The standard InChI is InChI=1S/C24H26N6O2/c1-16-9-7-10-17(2)21(16)30-23(26-27-28-30)22(31)19(15-18-11-5-4-6-12-18)25-24(32)20-13-8-14-29(20)3/h4-14,19,22,31H,15H2,1-3H3,(H,25,32)/t19-,22?/m0/s1. The molecule has 4 aromatic rings. The number of benzene rings is 2. The van der Waals surface area contributed by atoms with Crippen LogP contribution in [0.5, 0.6) is 0 Å². The van der Waals surface area contributed by atoms with Gasteiger partial charge in [0, 0.05) is 13.2 Å². The number of aryl methyl sites for hydroxylation is 3. The minimum Gasteiger partial charge on any atom is -0.383 e. The average Bonchev–Trinajstić information content (AvgIpc) is 3.42. The van der Waals surface area contributed by atoms with E-state index in [0.717, 1.165) is 22.4 Å². The number of aromatic nitrogens is 5. The summed E-state index contributed by atoms with van der Waals surface area (Å²) in [6.45, 7) is 3.94. The minimum absolute atomic E-state index is 0.274. The zero-order valence-electron chi connectivity index (χ0n) is 18.3. The first-order valence-corrected chi connectivity index (χ1v) is 10.4. The number of amides is 1. The maximum Gasteiger partial charge on any atom is 0.268 e. The van der Waals surface area contributed by atoms with Crippen molar-refractivity contribution in [3.63, 3.8) is 0 Å². The number of carbonyl (C=O) groups excluding carboxylic acids is 1. The van der Waals surface area contributed by atoms with Crippen molar-refractivity contribution in [2.45, 2.75) is 32.4 Å². The van der Waals surface area contributed by atoms with E-state index in [1.165, 1.54) is 0 Å². The normalized spacial score (nSPS) is 13.0. The van der Waals surface area contributed by atoms with Gasteiger partial charge in [0.25, 0.3) is 5.91 Å². The van der Waals surface area contributed by atoms with E-state index in [1.807, 2.05) is 62.4 Å². The summed E-state index contributed by atoms with van der Waals surface area (Å²) in [5.74, 6) is -0.000843. The van der Waals surface area contributed by atoms with Gasteiger partial charge in [0.05, 0.1) is 11.7 Å². The fourth-order valence-electron chi connectivity index (χ4n) is 3.91. The van der Waals surface area contributed by atoms with Gasteiger partial charge < -0.3 is 15.0 Å². The third kappa shape index (κ3) is 4.31. The highest BCUT2D eigenvalue weighted by Gasteiger charge is 2.30. The molecule has 1 unspecified atom stereocenters. The molecule has 0 aliphatic rings. The predicted octanol–water partition coefficient (Wildman–Crippen LogP) is 2.69. The Morgan fingerprint density at radius 2 is 1.75 bits per heavy atom. The van der Waals surface area contributed by atoms with Gasteiger partial charge in [-0.25, -0.2) is 0 Å². The van der Waals surface area contributed by atoms with Crippen molar-refractivity contribution in [1.29, 1.82) is 0 Å². The number of aliphatic hydroxyl groups is 1. The van der Waals surface area contributed by atoms with Crippen molar-refractivity contribution in [3.05, 3.63) is 95.1 Å². The molecule has 32 heavy (non-hydrogen) atoms. The van der Waals surface area contributed by atoms with Crippen LogP contribution in [0.25, 0.3) is 5.69 Å². The van der Waals surface area contributed by atoms with Gasteiger partial charge in [-0.1, -0.05) is 48.5 Å². The molecule has 2 N–H and O–H groups in total. The maximum absolute atomic E-state index is 13.0. The van der Waals surface area contributed by atoms with Crippen molar-refractivity contribution in [3.8, 4) is 5.69 Å². The highest BCUT2D eigenvalue weighted by atomic mass is 16.3. The quantitative estimate of drug-likeness (QED) is 0.470. The molecule has 2 aromatic carbocycles. The monoisotopic (exact) mass is 430 g/mol. The largest absolute Gasteiger partial charge is 0.383 e. The van der Waals surface area contributed by atoms with Crippen LogP contribution in [0.1, 0.15) is 39.1 Å². The molecule has 0 fully saturated rings. The third-order valence-electron chi connectivity index (χ3n) is 5.58. The van der Waals surface area contributed by atoms with Crippen LogP contribution in [-0.2, 0) is 13.5 Å². The summed E-state index contributed by atoms with van der Waals surface area (Å²) in [7, 11) is 1.80. The summed E-state index contributed by atoms with van der Waals surface area (Å²) >= 11 is 0. The van der Waals surface area contributed by atoms with Gasteiger partial charge >= 0.3 is 0 Å². The number of nitrogens with zero attached hydrogens (tertiary/aromatic N) is 5. The third-order valence-corrected chi connectivity index (χ3v) is 5.58. The second kappa shape index (κ2) is 9.15. The maximum atomic E-state index is 13.0. The van der Waals surface area contributed by atoms with Crippen molar-refractivity contribution >= 4 is 5.91 Å². The summed E-state index contributed by atoms with van der Waals surface area (Å²) in [5, 5.41) is 26.5. The first kappa shape index (κ1) is 21.5. The number of tetrazole rings is 1. The first-order valence-electron chi connectivity index (χ1n) is 10.4. The molecule has 1 amide bonds. The topological polar surface area (TPSA) is 97.9 Å². The molecule has 0 saturated carbocycles. The van der Waals surface area contributed by atoms with Crippen LogP contribution in [0.15, 0.2) is 66.9 Å². The second-order valence-corrected chi connectivity index (χ2v) is 7.91. The first-order chi connectivity index (χ1) is 15.5. The highest BCUT2D eigenvalue weighted by Crippen LogP contribution is 2.24. The number of hydrogen-bond acceptors (Lipinski definition) is 5. The van der Waals surface area contributed by atoms with Gasteiger partial charge in [0.15, 0.2) is 5.82 Å². The van der Waals surface area contributed by atoms with E-state index < -0.39 is 12.1 Å². The number of rotatable bonds is 7. The number of nitrogens with one attached hydrogen (secondary N) is 1. The van der Waals surface area contributed by atoms with E-state index in [9.17, 15) is 9.90 Å². The Kier molecular flexibility index (Phi) is 6.13. The number of aliphatic hydroxyl groups excluding tert-OH is 1. The zero-order valence-corrected chi connectivity index (χ0v) is 18.3. The Bertz CT molecular complexity index is 1190. The molecular formula is C24H26N6O2. The molecule has 0 saturated heterocycles. The lowest BCUT2D eigenvalue weighted by molar-refractivity contribution is 0.0802. The smallest absolute Gasteiger partial charge is 0.268 e. The lowest BCUT2D eigenvalue weighted by Gasteiger charge is -2.24. The molecular weight excluding hydrogens is 404 g/mol. The molecule has 2 heterocycles. The fraction of sp³-hybridized carbons (Fsp3) is 0.250. The van der Waals surface area contributed by atoms with Crippen LogP contribution in [-0.4, -0.2) is 41.8 Å². The molecule has 8 nitrogen and oxygen atoms in total. The Balaban J connectivity index is 1.69. The summed E-state index contributed by atoms with van der Waals surface area (Å²) < 4.78 is 3.30. The molecule has 0 aliphatic carbocycles. The summed E-state index contributed by atoms with van der Waals surface area (Å²) in [6, 6.07) is 18.5. The minimum atomic E-state index is -1.13. The fourth-order valence-corrected chi connectivity index (χ4v) is 3.91. The van der Waals surface area contributed by atoms with Crippen LogP contribution in [0.3, 0.4) is 0 Å². The van der Waals surface area contributed by atoms with Gasteiger partial charge in [-0.2, -0.15) is 4.68 Å². The van der Waals surface area contributed by atoms with E-state index in [4.69, 9.17) is 0 Å². The van der Waals surface area contributed by atoms with E-state index in [2.05, 4.69) is 20.8 Å². The van der Waals surface area contributed by atoms with Gasteiger partial charge in [-0.05, 0) is 59.5 Å². The lowest BCUT2D eigenvalue weighted by atomic mass is 10.00. The Morgan fingerprint density at radius 1 is 1.03 bits per heavy atom.